The first kappa shape index (κ1) is 36.6. The van der Waals surface area contributed by atoms with Gasteiger partial charge in [-0.3, -0.25) is 0 Å². The van der Waals surface area contributed by atoms with Crippen molar-refractivity contribution in [3.05, 3.63) is 224 Å². The van der Waals surface area contributed by atoms with E-state index < -0.39 is 0 Å². The standard InChI is InChI=1S/C58H36N4/c59-37-38-22-24-40(25-23-38)42-26-30-43(31-27-42)52-35-54-51-21-10-8-19-49(51)53(36-55(54)50-20-9-7-18-48(50)52)46-16-11-17-47(34-46)58-61-56(44-14-5-2-6-15-44)60-57(62-58)45-32-28-41(29-33-45)39-12-3-1-4-13-39/h1-36H. The van der Waals surface area contributed by atoms with E-state index in [4.69, 9.17) is 15.0 Å². The third kappa shape index (κ3) is 6.74. The maximum atomic E-state index is 9.27. The molecule has 10 aromatic carbocycles. The Morgan fingerprint density at radius 2 is 0.613 bits per heavy atom. The van der Waals surface area contributed by atoms with Gasteiger partial charge >= 0.3 is 0 Å². The highest BCUT2D eigenvalue weighted by molar-refractivity contribution is 6.23. The van der Waals surface area contributed by atoms with Crippen LogP contribution in [0, 0.1) is 11.3 Å². The number of hydrogen-bond acceptors (Lipinski definition) is 4. The monoisotopic (exact) mass is 788 g/mol. The van der Waals surface area contributed by atoms with Gasteiger partial charge in [-0.1, -0.05) is 188 Å². The molecule has 11 rings (SSSR count). The molecule has 1 heterocycles. The zero-order valence-electron chi connectivity index (χ0n) is 33.6. The average molecular weight is 789 g/mol. The van der Waals surface area contributed by atoms with Gasteiger partial charge in [0.05, 0.1) is 11.6 Å². The number of aromatic nitrogens is 3. The van der Waals surface area contributed by atoms with E-state index in [2.05, 4.69) is 164 Å². The van der Waals surface area contributed by atoms with Crippen molar-refractivity contribution in [3.8, 4) is 84.7 Å². The van der Waals surface area contributed by atoms with E-state index in [-0.39, 0.29) is 0 Å². The fourth-order valence-corrected chi connectivity index (χ4v) is 8.63. The topological polar surface area (TPSA) is 62.5 Å². The molecule has 0 saturated heterocycles. The SMILES string of the molecule is N#Cc1ccc(-c2ccc(-c3cc4c5ccccc5c(-c5cccc(-c6nc(-c7ccccc7)nc(-c7ccc(-c8ccccc8)cc7)n6)c5)cc4c4ccccc34)cc2)cc1. The van der Waals surface area contributed by atoms with Gasteiger partial charge in [-0.15, -0.1) is 0 Å². The highest BCUT2D eigenvalue weighted by Gasteiger charge is 2.17. The Kier molecular flexibility index (Phi) is 9.19. The molecule has 0 saturated carbocycles. The minimum absolute atomic E-state index is 0.619. The molecule has 4 heteroatoms. The molecule has 62 heavy (non-hydrogen) atoms. The van der Waals surface area contributed by atoms with Crippen LogP contribution in [-0.4, -0.2) is 15.0 Å². The van der Waals surface area contributed by atoms with E-state index >= 15 is 0 Å². The summed E-state index contributed by atoms with van der Waals surface area (Å²) in [7, 11) is 0. The second-order valence-electron chi connectivity index (χ2n) is 15.5. The van der Waals surface area contributed by atoms with E-state index in [0.717, 1.165) is 50.1 Å². The minimum atomic E-state index is 0.619. The van der Waals surface area contributed by atoms with Gasteiger partial charge in [-0.25, -0.2) is 15.0 Å². The molecular formula is C58H36N4. The van der Waals surface area contributed by atoms with Gasteiger partial charge in [-0.05, 0) is 107 Å². The lowest BCUT2D eigenvalue weighted by Gasteiger charge is -2.16. The van der Waals surface area contributed by atoms with E-state index in [1.54, 1.807) is 0 Å². The Bertz CT molecular complexity index is 3480. The largest absolute Gasteiger partial charge is 0.208 e. The van der Waals surface area contributed by atoms with E-state index in [9.17, 15) is 5.26 Å². The van der Waals surface area contributed by atoms with Crippen molar-refractivity contribution in [1.29, 1.82) is 5.26 Å². The van der Waals surface area contributed by atoms with Crippen LogP contribution < -0.4 is 0 Å². The number of rotatable bonds is 7. The Morgan fingerprint density at radius 1 is 0.258 bits per heavy atom. The van der Waals surface area contributed by atoms with E-state index in [1.165, 1.54) is 43.4 Å². The zero-order valence-corrected chi connectivity index (χ0v) is 33.6. The van der Waals surface area contributed by atoms with Crippen LogP contribution in [0.15, 0.2) is 218 Å². The van der Waals surface area contributed by atoms with Crippen molar-refractivity contribution in [3.63, 3.8) is 0 Å². The fourth-order valence-electron chi connectivity index (χ4n) is 8.63. The molecule has 0 atom stereocenters. The summed E-state index contributed by atoms with van der Waals surface area (Å²) in [5.74, 6) is 1.87. The van der Waals surface area contributed by atoms with Crippen LogP contribution in [0.1, 0.15) is 5.56 Å². The lowest BCUT2D eigenvalue weighted by molar-refractivity contribution is 1.07. The molecular weight excluding hydrogens is 753 g/mol. The fraction of sp³-hybridized carbons (Fsp3) is 0. The van der Waals surface area contributed by atoms with Crippen LogP contribution in [-0.2, 0) is 0 Å². The van der Waals surface area contributed by atoms with Gasteiger partial charge in [0.25, 0.3) is 0 Å². The number of benzene rings is 10. The van der Waals surface area contributed by atoms with Gasteiger partial charge in [0.15, 0.2) is 17.5 Å². The number of fused-ring (bicyclic) bond motifs is 5. The van der Waals surface area contributed by atoms with Crippen LogP contribution in [0.25, 0.3) is 111 Å². The van der Waals surface area contributed by atoms with Gasteiger partial charge in [0.1, 0.15) is 0 Å². The average Bonchev–Trinajstić information content (AvgIpc) is 3.36. The summed E-state index contributed by atoms with van der Waals surface area (Å²) in [6.45, 7) is 0. The third-order valence-electron chi connectivity index (χ3n) is 11.8. The Balaban J connectivity index is 1.03. The molecule has 0 N–H and O–H groups in total. The summed E-state index contributed by atoms with van der Waals surface area (Å²) in [6, 6.07) is 78.4. The number of nitriles is 1. The molecule has 0 unspecified atom stereocenters. The highest BCUT2D eigenvalue weighted by atomic mass is 15.0. The zero-order chi connectivity index (χ0) is 41.4. The minimum Gasteiger partial charge on any atom is -0.208 e. The van der Waals surface area contributed by atoms with E-state index in [0.29, 0.717) is 23.0 Å². The summed E-state index contributed by atoms with van der Waals surface area (Å²) in [5, 5.41) is 16.4. The van der Waals surface area contributed by atoms with Crippen molar-refractivity contribution < 1.29 is 0 Å². The first-order valence-corrected chi connectivity index (χ1v) is 20.7. The maximum Gasteiger partial charge on any atom is 0.164 e. The molecule has 11 aromatic rings. The van der Waals surface area contributed by atoms with Crippen molar-refractivity contribution >= 4 is 32.3 Å². The normalized spacial score (nSPS) is 11.2. The van der Waals surface area contributed by atoms with Gasteiger partial charge in [-0.2, -0.15) is 5.26 Å². The van der Waals surface area contributed by atoms with Crippen LogP contribution in [0.3, 0.4) is 0 Å². The quantitative estimate of drug-likeness (QED) is 0.151. The highest BCUT2D eigenvalue weighted by Crippen LogP contribution is 2.42. The first-order valence-electron chi connectivity index (χ1n) is 20.7. The van der Waals surface area contributed by atoms with Crippen LogP contribution in [0.5, 0.6) is 0 Å². The van der Waals surface area contributed by atoms with Crippen LogP contribution >= 0.6 is 0 Å². The first-order chi connectivity index (χ1) is 30.7. The summed E-state index contributed by atoms with van der Waals surface area (Å²) >= 11 is 0. The summed E-state index contributed by atoms with van der Waals surface area (Å²) in [5.41, 5.74) is 12.5. The van der Waals surface area contributed by atoms with Crippen LogP contribution in [0.4, 0.5) is 0 Å². The summed E-state index contributed by atoms with van der Waals surface area (Å²) in [6.07, 6.45) is 0. The van der Waals surface area contributed by atoms with E-state index in [1.807, 2.05) is 60.7 Å². The molecule has 0 amide bonds. The predicted octanol–water partition coefficient (Wildman–Crippen LogP) is 14.9. The van der Waals surface area contributed by atoms with Crippen molar-refractivity contribution in [1.82, 2.24) is 15.0 Å². The second-order valence-corrected chi connectivity index (χ2v) is 15.5. The number of hydrogen-bond donors (Lipinski definition) is 0. The Hall–Kier alpha value is -8.52. The second kappa shape index (κ2) is 15.6. The van der Waals surface area contributed by atoms with Crippen LogP contribution in [0.2, 0.25) is 0 Å². The number of nitrogens with zero attached hydrogens (tertiary/aromatic N) is 4. The van der Waals surface area contributed by atoms with Gasteiger partial charge in [0, 0.05) is 16.7 Å². The molecule has 0 bridgehead atoms. The molecule has 0 radical (unpaired) electrons. The molecule has 0 spiro atoms. The molecule has 0 aliphatic rings. The Morgan fingerprint density at radius 3 is 1.15 bits per heavy atom. The molecule has 0 aliphatic carbocycles. The lowest BCUT2D eigenvalue weighted by Crippen LogP contribution is -2.00. The predicted molar refractivity (Wildman–Crippen MR) is 255 cm³/mol. The molecule has 288 valence electrons. The Labute approximate surface area is 359 Å². The lowest BCUT2D eigenvalue weighted by atomic mass is 9.87. The third-order valence-corrected chi connectivity index (χ3v) is 11.8. The molecule has 0 fully saturated rings. The van der Waals surface area contributed by atoms with Crippen molar-refractivity contribution in [2.24, 2.45) is 0 Å². The van der Waals surface area contributed by atoms with Crippen molar-refractivity contribution in [2.75, 3.05) is 0 Å². The molecule has 0 aliphatic heterocycles. The van der Waals surface area contributed by atoms with Gasteiger partial charge < -0.3 is 0 Å². The summed E-state index contributed by atoms with van der Waals surface area (Å²) < 4.78 is 0. The molecule has 1 aromatic heterocycles. The van der Waals surface area contributed by atoms with Crippen molar-refractivity contribution in [2.45, 2.75) is 0 Å². The summed E-state index contributed by atoms with van der Waals surface area (Å²) in [4.78, 5) is 15.2. The maximum absolute atomic E-state index is 9.27. The van der Waals surface area contributed by atoms with Gasteiger partial charge in [0.2, 0.25) is 0 Å². The molecule has 4 nitrogen and oxygen atoms in total. The smallest absolute Gasteiger partial charge is 0.164 e.